The fraction of sp³-hybridized carbons (Fsp3) is 0.889. The molecule has 10 heavy (non-hydrogen) atoms. The second-order valence-electron chi connectivity index (χ2n) is 3.58. The zero-order valence-corrected chi connectivity index (χ0v) is 7.56. The first kappa shape index (κ1) is 8.39. The summed E-state index contributed by atoms with van der Waals surface area (Å²) in [4.78, 5) is 0. The second-order valence-corrected chi connectivity index (χ2v) is 3.88. The molecule has 0 bridgehead atoms. The van der Waals surface area contributed by atoms with Crippen molar-refractivity contribution < 1.29 is 0 Å². The van der Waals surface area contributed by atoms with Gasteiger partial charge in [0, 0.05) is 5.88 Å². The van der Waals surface area contributed by atoms with Crippen molar-refractivity contribution in [2.24, 2.45) is 17.8 Å². The Hall–Kier alpha value is 0.290. The van der Waals surface area contributed by atoms with Crippen LogP contribution in [0.1, 0.15) is 26.7 Å². The van der Waals surface area contributed by atoms with Crippen LogP contribution in [0.4, 0.5) is 0 Å². The van der Waals surface area contributed by atoms with Gasteiger partial charge in [-0.15, -0.1) is 11.6 Å². The molecular formula is C9H16Cl. The van der Waals surface area contributed by atoms with Gasteiger partial charge in [-0.2, -0.15) is 0 Å². The summed E-state index contributed by atoms with van der Waals surface area (Å²) in [7, 11) is 0. The molecular weight excluding hydrogens is 144 g/mol. The van der Waals surface area contributed by atoms with E-state index in [9.17, 15) is 0 Å². The third-order valence-electron chi connectivity index (χ3n) is 2.59. The van der Waals surface area contributed by atoms with Crippen molar-refractivity contribution in [3.63, 3.8) is 0 Å². The van der Waals surface area contributed by atoms with E-state index in [1.807, 2.05) is 0 Å². The van der Waals surface area contributed by atoms with E-state index in [2.05, 4.69) is 20.3 Å². The van der Waals surface area contributed by atoms with Gasteiger partial charge in [-0.05, 0) is 37.0 Å². The van der Waals surface area contributed by atoms with Crippen LogP contribution in [-0.2, 0) is 0 Å². The summed E-state index contributed by atoms with van der Waals surface area (Å²) in [6, 6.07) is 0. The van der Waals surface area contributed by atoms with Crippen LogP contribution in [0.5, 0.6) is 0 Å². The Morgan fingerprint density at radius 1 is 1.50 bits per heavy atom. The molecule has 0 aromatic carbocycles. The molecule has 0 aliphatic heterocycles. The van der Waals surface area contributed by atoms with Crippen molar-refractivity contribution in [1.82, 2.24) is 0 Å². The van der Waals surface area contributed by atoms with Gasteiger partial charge < -0.3 is 0 Å². The first-order chi connectivity index (χ1) is 4.74. The molecule has 3 atom stereocenters. The zero-order valence-electron chi connectivity index (χ0n) is 6.81. The Morgan fingerprint density at radius 3 is 2.70 bits per heavy atom. The molecule has 0 saturated heterocycles. The first-order valence-electron chi connectivity index (χ1n) is 4.13. The summed E-state index contributed by atoms with van der Waals surface area (Å²) in [5.41, 5.74) is 0. The lowest BCUT2D eigenvalue weighted by molar-refractivity contribution is 0.275. The third-order valence-corrected chi connectivity index (χ3v) is 2.98. The lowest BCUT2D eigenvalue weighted by Crippen LogP contribution is -2.23. The van der Waals surface area contributed by atoms with E-state index in [-0.39, 0.29) is 0 Å². The molecule has 0 nitrogen and oxygen atoms in total. The number of hydrogen-bond donors (Lipinski definition) is 0. The standard InChI is InChI=1S/C9H16Cl/c1-7-3-4-8(2)9(5-7)6-10/h3,7-9H,4-6H2,1-2H3. The van der Waals surface area contributed by atoms with Gasteiger partial charge in [0.05, 0.1) is 0 Å². The van der Waals surface area contributed by atoms with Gasteiger partial charge in [-0.25, -0.2) is 0 Å². The molecule has 1 aliphatic rings. The Labute approximate surface area is 69.0 Å². The van der Waals surface area contributed by atoms with E-state index in [1.54, 1.807) is 0 Å². The quantitative estimate of drug-likeness (QED) is 0.516. The van der Waals surface area contributed by atoms with Gasteiger partial charge in [0.2, 0.25) is 0 Å². The minimum Gasteiger partial charge on any atom is -0.126 e. The number of rotatable bonds is 1. The number of halogens is 1. The molecule has 1 heteroatoms. The summed E-state index contributed by atoms with van der Waals surface area (Å²) >= 11 is 5.83. The highest BCUT2D eigenvalue weighted by atomic mass is 35.5. The predicted molar refractivity (Wildman–Crippen MR) is 46.1 cm³/mol. The summed E-state index contributed by atoms with van der Waals surface area (Å²) in [5.74, 6) is 3.22. The van der Waals surface area contributed by atoms with Gasteiger partial charge in [0.15, 0.2) is 0 Å². The SMILES string of the molecule is CC1[CH]CC(C)C(CCl)C1. The maximum atomic E-state index is 5.83. The molecule has 0 N–H and O–H groups in total. The highest BCUT2D eigenvalue weighted by molar-refractivity contribution is 6.18. The van der Waals surface area contributed by atoms with Crippen LogP contribution in [0.15, 0.2) is 0 Å². The van der Waals surface area contributed by atoms with Gasteiger partial charge in [0.1, 0.15) is 0 Å². The van der Waals surface area contributed by atoms with Crippen LogP contribution in [0.25, 0.3) is 0 Å². The lowest BCUT2D eigenvalue weighted by Gasteiger charge is -2.30. The predicted octanol–water partition coefficient (Wildman–Crippen LogP) is 3.11. The minimum absolute atomic E-state index is 0.765. The van der Waals surface area contributed by atoms with Crippen molar-refractivity contribution in [3.05, 3.63) is 6.42 Å². The highest BCUT2D eigenvalue weighted by Crippen LogP contribution is 2.33. The largest absolute Gasteiger partial charge is 0.126 e. The molecule has 0 aromatic rings. The van der Waals surface area contributed by atoms with E-state index < -0.39 is 0 Å². The zero-order chi connectivity index (χ0) is 7.56. The van der Waals surface area contributed by atoms with Gasteiger partial charge in [-0.1, -0.05) is 13.8 Å². The molecule has 1 rings (SSSR count). The minimum atomic E-state index is 0.765. The van der Waals surface area contributed by atoms with Crippen LogP contribution in [0.3, 0.4) is 0 Å². The number of hydrogen-bond acceptors (Lipinski definition) is 0. The monoisotopic (exact) mass is 159 g/mol. The molecule has 1 fully saturated rings. The fourth-order valence-electron chi connectivity index (χ4n) is 1.66. The molecule has 0 amide bonds. The Morgan fingerprint density at radius 2 is 2.20 bits per heavy atom. The van der Waals surface area contributed by atoms with E-state index in [4.69, 9.17) is 11.6 Å². The smallest absolute Gasteiger partial charge is 0.0254 e. The fourth-order valence-corrected chi connectivity index (χ4v) is 2.09. The van der Waals surface area contributed by atoms with Crippen LogP contribution in [-0.4, -0.2) is 5.88 Å². The Bertz CT molecular complexity index is 101. The van der Waals surface area contributed by atoms with Crippen LogP contribution < -0.4 is 0 Å². The summed E-state index contributed by atoms with van der Waals surface area (Å²) in [5, 5.41) is 0. The third kappa shape index (κ3) is 1.88. The maximum absolute atomic E-state index is 5.83. The number of alkyl halides is 1. The first-order valence-corrected chi connectivity index (χ1v) is 4.66. The van der Waals surface area contributed by atoms with Crippen molar-refractivity contribution in [2.75, 3.05) is 5.88 Å². The summed E-state index contributed by atoms with van der Waals surface area (Å²) in [6.45, 7) is 4.58. The molecule has 59 valence electrons. The topological polar surface area (TPSA) is 0 Å². The Balaban J connectivity index is 2.38. The normalized spacial score (nSPS) is 41.7. The summed E-state index contributed by atoms with van der Waals surface area (Å²) in [6.07, 6.45) is 4.98. The van der Waals surface area contributed by atoms with Crippen LogP contribution >= 0.6 is 11.6 Å². The van der Waals surface area contributed by atoms with Gasteiger partial charge in [0.25, 0.3) is 0 Å². The Kier molecular flexibility index (Phi) is 3.03. The van der Waals surface area contributed by atoms with Crippen molar-refractivity contribution in [1.29, 1.82) is 0 Å². The molecule has 0 aromatic heterocycles. The van der Waals surface area contributed by atoms with Crippen LogP contribution in [0, 0.1) is 24.2 Å². The molecule has 0 heterocycles. The summed E-state index contributed by atoms with van der Waals surface area (Å²) < 4.78 is 0. The second kappa shape index (κ2) is 3.61. The van der Waals surface area contributed by atoms with Gasteiger partial charge >= 0.3 is 0 Å². The maximum Gasteiger partial charge on any atom is 0.0254 e. The molecule has 3 unspecified atom stereocenters. The molecule has 1 saturated carbocycles. The van der Waals surface area contributed by atoms with Gasteiger partial charge in [-0.3, -0.25) is 0 Å². The van der Waals surface area contributed by atoms with Crippen molar-refractivity contribution in [3.8, 4) is 0 Å². The van der Waals surface area contributed by atoms with Crippen molar-refractivity contribution in [2.45, 2.75) is 26.7 Å². The average molecular weight is 160 g/mol. The highest BCUT2D eigenvalue weighted by Gasteiger charge is 2.24. The molecule has 1 radical (unpaired) electrons. The molecule has 0 spiro atoms. The van der Waals surface area contributed by atoms with Crippen molar-refractivity contribution >= 4 is 11.6 Å². The van der Waals surface area contributed by atoms with E-state index in [1.165, 1.54) is 12.8 Å². The molecule has 1 aliphatic carbocycles. The average Bonchev–Trinajstić information content (AvgIpc) is 1.94. The van der Waals surface area contributed by atoms with Crippen LogP contribution in [0.2, 0.25) is 0 Å². The van der Waals surface area contributed by atoms with E-state index in [0.717, 1.165) is 23.6 Å². The van der Waals surface area contributed by atoms with E-state index >= 15 is 0 Å². The van der Waals surface area contributed by atoms with E-state index in [0.29, 0.717) is 0 Å². The lowest BCUT2D eigenvalue weighted by atomic mass is 9.76.